The highest BCUT2D eigenvalue weighted by atomic mass is 32.1. The summed E-state index contributed by atoms with van der Waals surface area (Å²) < 4.78 is 42.4. The molecule has 0 saturated carbocycles. The quantitative estimate of drug-likeness (QED) is 0.353. The molecule has 13 heteroatoms. The van der Waals surface area contributed by atoms with Crippen molar-refractivity contribution in [3.8, 4) is 10.4 Å². The lowest BCUT2D eigenvalue weighted by molar-refractivity contribution is -0.138. The summed E-state index contributed by atoms with van der Waals surface area (Å²) in [6, 6.07) is 5.08. The zero-order valence-corrected chi connectivity index (χ0v) is 22.6. The number of benzene rings is 1. The molecule has 1 atom stereocenters. The van der Waals surface area contributed by atoms with Crippen molar-refractivity contribution in [1.82, 2.24) is 24.2 Å². The van der Waals surface area contributed by atoms with Crippen LogP contribution in [0.5, 0.6) is 0 Å². The monoisotopic (exact) mass is 585 g/mol. The lowest BCUT2D eigenvalue weighted by atomic mass is 9.91. The Bertz CT molecular complexity index is 1710. The number of hydrogen-bond acceptors (Lipinski definition) is 7. The van der Waals surface area contributed by atoms with Crippen molar-refractivity contribution in [3.05, 3.63) is 69.6 Å². The second-order valence-corrected chi connectivity index (χ2v) is 11.5. The SMILES string of the molecule is O=C1CCc2ccc(-c3scc4c(=O)n(CC5(O)CCN(C(=O)CC(C(F)F)n6ccc(F)n6)CC5)cnc34)cc21. The Labute approximate surface area is 235 Å². The van der Waals surface area contributed by atoms with E-state index >= 15 is 0 Å². The normalized spacial score (nSPS) is 17.4. The first-order valence-corrected chi connectivity index (χ1v) is 14.1. The Balaban J connectivity index is 1.14. The highest BCUT2D eigenvalue weighted by Crippen LogP contribution is 2.35. The maximum atomic E-state index is 13.6. The third-order valence-electron chi connectivity index (χ3n) is 7.98. The van der Waals surface area contributed by atoms with Gasteiger partial charge in [-0.25, -0.2) is 13.8 Å². The van der Waals surface area contributed by atoms with Crippen molar-refractivity contribution in [2.75, 3.05) is 13.1 Å². The number of Topliss-reactive ketones (excluding diaryl/α,β-unsaturated/α-hetero) is 1. The van der Waals surface area contributed by atoms with Crippen LogP contribution in [0.15, 0.2) is 47.0 Å². The molecule has 6 rings (SSSR count). The number of ketones is 1. The molecule has 0 radical (unpaired) electrons. The van der Waals surface area contributed by atoms with Crippen LogP contribution in [0.1, 0.15) is 47.6 Å². The van der Waals surface area contributed by atoms with Gasteiger partial charge in [-0.2, -0.15) is 4.39 Å². The van der Waals surface area contributed by atoms with Crippen molar-refractivity contribution in [2.45, 2.75) is 56.7 Å². The summed E-state index contributed by atoms with van der Waals surface area (Å²) in [4.78, 5) is 45.0. The van der Waals surface area contributed by atoms with Crippen molar-refractivity contribution >= 4 is 33.9 Å². The number of carbonyl (C=O) groups excluding carboxylic acids is 2. The van der Waals surface area contributed by atoms with Crippen LogP contribution in [0.2, 0.25) is 0 Å². The second kappa shape index (κ2) is 10.5. The minimum absolute atomic E-state index is 0.0401. The second-order valence-electron chi connectivity index (χ2n) is 10.6. The molecule has 0 spiro atoms. The minimum atomic E-state index is -2.92. The summed E-state index contributed by atoms with van der Waals surface area (Å²) in [5, 5.41) is 16.7. The number of aryl methyl sites for hydroxylation is 1. The number of halogens is 3. The van der Waals surface area contributed by atoms with E-state index in [1.54, 1.807) is 5.38 Å². The van der Waals surface area contributed by atoms with E-state index in [4.69, 9.17) is 0 Å². The molecule has 41 heavy (non-hydrogen) atoms. The topological polar surface area (TPSA) is 110 Å². The number of hydrogen-bond donors (Lipinski definition) is 1. The van der Waals surface area contributed by atoms with Crippen LogP contribution >= 0.6 is 11.3 Å². The average Bonchev–Trinajstić information content (AvgIpc) is 3.67. The summed E-state index contributed by atoms with van der Waals surface area (Å²) in [7, 11) is 0. The number of carbonyl (C=O) groups is 2. The molecule has 1 fully saturated rings. The average molecular weight is 586 g/mol. The number of alkyl halides is 2. The molecule has 214 valence electrons. The smallest absolute Gasteiger partial charge is 0.262 e. The number of aromatic nitrogens is 4. The van der Waals surface area contributed by atoms with E-state index in [1.165, 1.54) is 27.1 Å². The fourth-order valence-electron chi connectivity index (χ4n) is 5.61. The Morgan fingerprint density at radius 1 is 1.15 bits per heavy atom. The highest BCUT2D eigenvalue weighted by molar-refractivity contribution is 7.15. The molecule has 2 aliphatic rings. The van der Waals surface area contributed by atoms with Gasteiger partial charge in [-0.05, 0) is 36.5 Å². The predicted octanol–water partition coefficient (Wildman–Crippen LogP) is 3.84. The molecular formula is C28H26F3N5O4S. The maximum absolute atomic E-state index is 13.6. The van der Waals surface area contributed by atoms with E-state index in [1.807, 2.05) is 18.2 Å². The molecule has 4 aromatic rings. The number of rotatable bonds is 7. The molecule has 9 nitrogen and oxygen atoms in total. The van der Waals surface area contributed by atoms with Gasteiger partial charge in [0.1, 0.15) is 6.04 Å². The van der Waals surface area contributed by atoms with Gasteiger partial charge in [0.2, 0.25) is 11.9 Å². The number of piperidine rings is 1. The molecule has 0 bridgehead atoms. The standard InChI is InChI=1S/C28H26F3N5O4S/c29-22-5-8-36(33-22)20(26(30)31)12-23(38)34-9-6-28(40,7-10-34)14-35-15-32-24-19(27(35)39)13-41-25(24)17-2-1-16-3-4-21(37)18(16)11-17/h1-2,5,8,11,13,15,20,26,40H,3-4,6-7,9-10,12,14H2. The molecule has 1 aliphatic carbocycles. The number of amides is 1. The van der Waals surface area contributed by atoms with Gasteiger partial charge in [-0.3, -0.25) is 23.6 Å². The number of aliphatic hydroxyl groups is 1. The van der Waals surface area contributed by atoms with Crippen LogP contribution in [-0.2, 0) is 17.8 Å². The first-order chi connectivity index (χ1) is 19.6. The van der Waals surface area contributed by atoms with E-state index in [0.29, 0.717) is 22.9 Å². The van der Waals surface area contributed by atoms with E-state index in [-0.39, 0.29) is 43.8 Å². The molecule has 1 saturated heterocycles. The Morgan fingerprint density at radius 3 is 2.63 bits per heavy atom. The van der Waals surface area contributed by atoms with Gasteiger partial charge in [-0.15, -0.1) is 16.4 Å². The molecule has 1 aliphatic heterocycles. The van der Waals surface area contributed by atoms with Gasteiger partial charge in [0, 0.05) is 42.7 Å². The Kier molecular flexibility index (Phi) is 7.02. The van der Waals surface area contributed by atoms with E-state index in [2.05, 4.69) is 10.1 Å². The summed E-state index contributed by atoms with van der Waals surface area (Å²) in [6.07, 6.45) is 0.498. The predicted molar refractivity (Wildman–Crippen MR) is 145 cm³/mol. The molecule has 4 heterocycles. The number of thiophene rings is 1. The van der Waals surface area contributed by atoms with Crippen molar-refractivity contribution in [2.24, 2.45) is 0 Å². The molecular weight excluding hydrogens is 559 g/mol. The zero-order chi connectivity index (χ0) is 28.9. The van der Waals surface area contributed by atoms with Crippen LogP contribution in [-0.4, -0.2) is 66.1 Å². The number of nitrogens with zero attached hydrogens (tertiary/aromatic N) is 5. The van der Waals surface area contributed by atoms with Crippen LogP contribution in [0.3, 0.4) is 0 Å². The van der Waals surface area contributed by atoms with Crippen LogP contribution in [0.4, 0.5) is 13.2 Å². The highest BCUT2D eigenvalue weighted by Gasteiger charge is 2.36. The molecule has 1 aromatic carbocycles. The van der Waals surface area contributed by atoms with E-state index in [9.17, 15) is 32.7 Å². The number of fused-ring (bicyclic) bond motifs is 2. The molecule has 1 amide bonds. The van der Waals surface area contributed by atoms with Crippen LogP contribution in [0, 0.1) is 5.95 Å². The first kappa shape index (κ1) is 27.3. The Morgan fingerprint density at radius 2 is 1.93 bits per heavy atom. The van der Waals surface area contributed by atoms with Gasteiger partial charge in [0.15, 0.2) is 5.78 Å². The van der Waals surface area contributed by atoms with Crippen LogP contribution in [0.25, 0.3) is 21.3 Å². The summed E-state index contributed by atoms with van der Waals surface area (Å²) >= 11 is 1.37. The van der Waals surface area contributed by atoms with Crippen LogP contribution < -0.4 is 5.56 Å². The largest absolute Gasteiger partial charge is 0.388 e. The number of likely N-dealkylation sites (tertiary alicyclic amines) is 1. The van der Waals surface area contributed by atoms with E-state index < -0.39 is 36.3 Å². The fraction of sp³-hybridized carbons (Fsp3) is 0.393. The van der Waals surface area contributed by atoms with Crippen molar-refractivity contribution in [3.63, 3.8) is 0 Å². The van der Waals surface area contributed by atoms with Crippen molar-refractivity contribution in [1.29, 1.82) is 0 Å². The van der Waals surface area contributed by atoms with Gasteiger partial charge in [0.05, 0.1) is 40.7 Å². The third kappa shape index (κ3) is 5.19. The van der Waals surface area contributed by atoms with Gasteiger partial charge >= 0.3 is 0 Å². The van der Waals surface area contributed by atoms with Crippen molar-refractivity contribution < 1.29 is 27.9 Å². The molecule has 3 aromatic heterocycles. The molecule has 1 unspecified atom stereocenters. The van der Waals surface area contributed by atoms with E-state index in [0.717, 1.165) is 39.4 Å². The van der Waals surface area contributed by atoms with Gasteiger partial charge < -0.3 is 10.0 Å². The first-order valence-electron chi connectivity index (χ1n) is 13.2. The maximum Gasteiger partial charge on any atom is 0.262 e. The zero-order valence-electron chi connectivity index (χ0n) is 21.8. The van der Waals surface area contributed by atoms with Gasteiger partial charge in [0.25, 0.3) is 12.0 Å². The summed E-state index contributed by atoms with van der Waals surface area (Å²) in [6.45, 7) is 0.188. The third-order valence-corrected chi connectivity index (χ3v) is 9.00. The lowest BCUT2D eigenvalue weighted by Crippen LogP contribution is -2.50. The lowest BCUT2D eigenvalue weighted by Gasteiger charge is -2.38. The molecule has 1 N–H and O–H groups in total. The fourth-order valence-corrected chi connectivity index (χ4v) is 6.60. The summed E-state index contributed by atoms with van der Waals surface area (Å²) in [5.74, 6) is -1.35. The summed E-state index contributed by atoms with van der Waals surface area (Å²) in [5.41, 5.74) is 1.48. The van der Waals surface area contributed by atoms with Gasteiger partial charge in [-0.1, -0.05) is 12.1 Å². The minimum Gasteiger partial charge on any atom is -0.388 e. The Hall–Kier alpha value is -3.84.